The predicted molar refractivity (Wildman–Crippen MR) is 129 cm³/mol. The second kappa shape index (κ2) is 7.66. The van der Waals surface area contributed by atoms with E-state index in [1.54, 1.807) is 23.1 Å². The predicted octanol–water partition coefficient (Wildman–Crippen LogP) is 2.93. The number of carbonyl (C=O) groups is 2. The molecule has 3 heterocycles. The zero-order chi connectivity index (χ0) is 23.6. The lowest BCUT2D eigenvalue weighted by molar-refractivity contribution is -0.120. The normalized spacial score (nSPS) is 19.5. The van der Waals surface area contributed by atoms with E-state index in [0.717, 1.165) is 35.1 Å². The molecule has 8 nitrogen and oxygen atoms in total. The van der Waals surface area contributed by atoms with Crippen LogP contribution in [0.25, 0.3) is 11.0 Å². The van der Waals surface area contributed by atoms with Gasteiger partial charge in [-0.05, 0) is 62.1 Å². The van der Waals surface area contributed by atoms with E-state index < -0.39 is 9.84 Å². The van der Waals surface area contributed by atoms with Crippen LogP contribution in [0.3, 0.4) is 0 Å². The fourth-order valence-electron chi connectivity index (χ4n) is 5.16. The van der Waals surface area contributed by atoms with Crippen molar-refractivity contribution in [3.63, 3.8) is 0 Å². The molecule has 0 spiro atoms. The molecule has 6 rings (SSSR count). The molecule has 0 saturated heterocycles. The molecule has 9 heteroatoms. The topological polar surface area (TPSA) is 92.6 Å². The molecule has 3 aromatic rings. The van der Waals surface area contributed by atoms with E-state index in [1.165, 1.54) is 0 Å². The molecule has 0 bridgehead atoms. The highest BCUT2D eigenvalue weighted by Gasteiger charge is 2.40. The Balaban J connectivity index is 1.18. The first-order chi connectivity index (χ1) is 16.3. The van der Waals surface area contributed by atoms with Gasteiger partial charge in [0.05, 0.1) is 21.7 Å². The van der Waals surface area contributed by atoms with Crippen LogP contribution in [0, 0.1) is 5.92 Å². The summed E-state index contributed by atoms with van der Waals surface area (Å²) >= 11 is 0. The second-order valence-electron chi connectivity index (χ2n) is 9.49. The highest BCUT2D eigenvalue weighted by atomic mass is 32.2. The van der Waals surface area contributed by atoms with Crippen molar-refractivity contribution in [2.24, 2.45) is 5.92 Å². The molecule has 2 aromatic carbocycles. The Morgan fingerprint density at radius 3 is 2.68 bits per heavy atom. The summed E-state index contributed by atoms with van der Waals surface area (Å²) in [6.07, 6.45) is 2.40. The monoisotopic (exact) mass is 478 g/mol. The number of nitrogens with zero attached hydrogens (tertiary/aromatic N) is 4. The number of aromatic nitrogens is 2. The number of rotatable bonds is 5. The summed E-state index contributed by atoms with van der Waals surface area (Å²) < 4.78 is 28.2. The van der Waals surface area contributed by atoms with Gasteiger partial charge in [-0.1, -0.05) is 12.1 Å². The first-order valence-electron chi connectivity index (χ1n) is 11.8. The van der Waals surface area contributed by atoms with Crippen LogP contribution in [0.15, 0.2) is 47.4 Å². The summed E-state index contributed by atoms with van der Waals surface area (Å²) in [5.41, 5.74) is 3.49. The Labute approximate surface area is 198 Å². The summed E-state index contributed by atoms with van der Waals surface area (Å²) in [6, 6.07) is 12.7. The minimum absolute atomic E-state index is 0.0250. The van der Waals surface area contributed by atoms with E-state index >= 15 is 0 Å². The SMILES string of the molecule is CC1Cc2cc(S(=O)(=O)CCC(=O)N3CCn4c3nc3ccccc34)ccc2N1C(=O)C1CC1. The number of carbonyl (C=O) groups excluding carboxylic acids is 2. The zero-order valence-corrected chi connectivity index (χ0v) is 19.8. The van der Waals surface area contributed by atoms with Crippen molar-refractivity contribution in [1.82, 2.24) is 9.55 Å². The maximum absolute atomic E-state index is 13.1. The number of imidazole rings is 1. The van der Waals surface area contributed by atoms with Crippen molar-refractivity contribution >= 4 is 44.3 Å². The quantitative estimate of drug-likeness (QED) is 0.562. The number of para-hydroxylation sites is 2. The molecule has 2 amide bonds. The molecule has 0 radical (unpaired) electrons. The number of anilines is 2. The van der Waals surface area contributed by atoms with Crippen LogP contribution in [0.1, 0.15) is 31.7 Å². The average Bonchev–Trinajstić information content (AvgIpc) is 3.37. The largest absolute Gasteiger partial charge is 0.309 e. The lowest BCUT2D eigenvalue weighted by atomic mass is 10.1. The van der Waals surface area contributed by atoms with Gasteiger partial charge in [-0.25, -0.2) is 13.4 Å². The van der Waals surface area contributed by atoms with Gasteiger partial charge >= 0.3 is 0 Å². The van der Waals surface area contributed by atoms with Gasteiger partial charge in [-0.2, -0.15) is 0 Å². The average molecular weight is 479 g/mol. The van der Waals surface area contributed by atoms with Crippen LogP contribution in [0.5, 0.6) is 0 Å². The summed E-state index contributed by atoms with van der Waals surface area (Å²) in [5, 5.41) is 0. The van der Waals surface area contributed by atoms with E-state index in [4.69, 9.17) is 0 Å². The smallest absolute Gasteiger partial charge is 0.230 e. The molecule has 1 saturated carbocycles. The second-order valence-corrected chi connectivity index (χ2v) is 11.6. The van der Waals surface area contributed by atoms with Gasteiger partial charge in [0.1, 0.15) is 0 Å². The summed E-state index contributed by atoms with van der Waals surface area (Å²) in [6.45, 7) is 3.14. The van der Waals surface area contributed by atoms with Crippen LogP contribution in [-0.2, 0) is 32.4 Å². The Hall–Kier alpha value is -3.20. The molecule has 34 heavy (non-hydrogen) atoms. The van der Waals surface area contributed by atoms with E-state index in [2.05, 4.69) is 4.98 Å². The minimum Gasteiger partial charge on any atom is -0.309 e. The fourth-order valence-corrected chi connectivity index (χ4v) is 6.44. The van der Waals surface area contributed by atoms with Gasteiger partial charge in [-0.15, -0.1) is 0 Å². The third-order valence-electron chi connectivity index (χ3n) is 7.10. The third-order valence-corrected chi connectivity index (χ3v) is 8.81. The van der Waals surface area contributed by atoms with Gasteiger partial charge in [-0.3, -0.25) is 14.5 Å². The van der Waals surface area contributed by atoms with E-state index in [0.29, 0.717) is 25.5 Å². The number of hydrogen-bond donors (Lipinski definition) is 0. The van der Waals surface area contributed by atoms with Crippen LogP contribution in [0.4, 0.5) is 11.6 Å². The lowest BCUT2D eigenvalue weighted by Gasteiger charge is -2.22. The van der Waals surface area contributed by atoms with Crippen LogP contribution in [0.2, 0.25) is 0 Å². The Morgan fingerprint density at radius 1 is 1.09 bits per heavy atom. The van der Waals surface area contributed by atoms with Crippen LogP contribution < -0.4 is 9.80 Å². The third kappa shape index (κ3) is 3.41. The van der Waals surface area contributed by atoms with Crippen molar-refractivity contribution in [3.8, 4) is 0 Å². The van der Waals surface area contributed by atoms with Crippen molar-refractivity contribution in [2.45, 2.75) is 50.1 Å². The Bertz CT molecular complexity index is 1440. The van der Waals surface area contributed by atoms with Gasteiger partial charge in [0.25, 0.3) is 0 Å². The Morgan fingerprint density at radius 2 is 1.88 bits per heavy atom. The highest BCUT2D eigenvalue weighted by molar-refractivity contribution is 7.91. The molecular formula is C25H26N4O4S. The van der Waals surface area contributed by atoms with Crippen LogP contribution >= 0.6 is 0 Å². The maximum Gasteiger partial charge on any atom is 0.230 e. The van der Waals surface area contributed by atoms with Gasteiger partial charge in [0.15, 0.2) is 9.84 Å². The van der Waals surface area contributed by atoms with E-state index in [9.17, 15) is 18.0 Å². The summed E-state index contributed by atoms with van der Waals surface area (Å²) in [5.74, 6) is 0.330. The lowest BCUT2D eigenvalue weighted by Crippen LogP contribution is -2.36. The van der Waals surface area contributed by atoms with E-state index in [-0.39, 0.29) is 40.8 Å². The molecule has 1 unspecified atom stereocenters. The molecule has 1 fully saturated rings. The van der Waals surface area contributed by atoms with Gasteiger partial charge in [0.2, 0.25) is 17.8 Å². The minimum atomic E-state index is -3.65. The fraction of sp³-hybridized carbons (Fsp3) is 0.400. The number of sulfone groups is 1. The first kappa shape index (κ1) is 21.3. The number of amides is 2. The van der Waals surface area contributed by atoms with Crippen molar-refractivity contribution in [3.05, 3.63) is 48.0 Å². The molecule has 176 valence electrons. The molecular weight excluding hydrogens is 452 g/mol. The molecule has 1 aromatic heterocycles. The Kier molecular flexibility index (Phi) is 4.81. The van der Waals surface area contributed by atoms with Crippen molar-refractivity contribution < 1.29 is 18.0 Å². The highest BCUT2D eigenvalue weighted by Crippen LogP contribution is 2.39. The zero-order valence-electron chi connectivity index (χ0n) is 19.0. The molecule has 3 aliphatic rings. The van der Waals surface area contributed by atoms with Crippen molar-refractivity contribution in [1.29, 1.82) is 0 Å². The number of benzene rings is 2. The number of fused-ring (bicyclic) bond motifs is 4. The molecule has 1 atom stereocenters. The summed E-state index contributed by atoms with van der Waals surface area (Å²) in [7, 11) is -3.65. The van der Waals surface area contributed by atoms with E-state index in [1.807, 2.05) is 40.7 Å². The van der Waals surface area contributed by atoms with Crippen LogP contribution in [-0.4, -0.2) is 48.1 Å². The van der Waals surface area contributed by atoms with Crippen molar-refractivity contribution in [2.75, 3.05) is 22.1 Å². The standard InChI is InChI=1S/C25H26N4O4S/c1-16-14-18-15-19(8-9-21(18)29(16)24(31)17-6-7-17)34(32,33)13-10-23(30)28-12-11-27-22-5-3-2-4-20(22)26-25(27)28/h2-5,8-9,15-17H,6-7,10-14H2,1H3. The molecule has 2 aliphatic heterocycles. The molecule has 0 N–H and O–H groups in total. The van der Waals surface area contributed by atoms with Gasteiger partial charge < -0.3 is 9.47 Å². The van der Waals surface area contributed by atoms with Gasteiger partial charge in [0, 0.05) is 37.2 Å². The molecule has 1 aliphatic carbocycles. The summed E-state index contributed by atoms with van der Waals surface area (Å²) in [4.78, 5) is 33.8. The first-order valence-corrected chi connectivity index (χ1v) is 13.4. The number of hydrogen-bond acceptors (Lipinski definition) is 5. The maximum atomic E-state index is 13.1.